The Balaban J connectivity index is 1.93. The molecule has 0 unspecified atom stereocenters. The number of carbonyl (C=O) groups excluding carboxylic acids is 1. The maximum atomic E-state index is 12.5. The fraction of sp³-hybridized carbons (Fsp3) is 0.611. The van der Waals surface area contributed by atoms with E-state index in [-0.39, 0.29) is 11.3 Å². The number of aromatic nitrogens is 3. The lowest BCUT2D eigenvalue weighted by molar-refractivity contribution is -0.138. The van der Waals surface area contributed by atoms with Gasteiger partial charge in [0, 0.05) is 36.7 Å². The Kier molecular flexibility index (Phi) is 3.90. The zero-order valence-electron chi connectivity index (χ0n) is 14.7. The third kappa shape index (κ3) is 2.84. The number of nitrogens with zero attached hydrogens (tertiary/aromatic N) is 4. The predicted octanol–water partition coefficient (Wildman–Crippen LogP) is 3.37. The molecule has 0 radical (unpaired) electrons. The molecule has 1 aliphatic rings. The van der Waals surface area contributed by atoms with Crippen LogP contribution in [0.1, 0.15) is 58.8 Å². The van der Waals surface area contributed by atoms with Crippen LogP contribution in [0.2, 0.25) is 0 Å². The zero-order valence-corrected chi connectivity index (χ0v) is 14.7. The van der Waals surface area contributed by atoms with Gasteiger partial charge in [0.05, 0.1) is 17.2 Å². The van der Waals surface area contributed by atoms with Crippen molar-refractivity contribution in [1.29, 1.82) is 0 Å². The molecule has 0 aliphatic carbocycles. The van der Waals surface area contributed by atoms with E-state index in [1.165, 1.54) is 0 Å². The van der Waals surface area contributed by atoms with Crippen LogP contribution in [0, 0.1) is 5.41 Å². The first-order valence-electron chi connectivity index (χ1n) is 8.40. The summed E-state index contributed by atoms with van der Waals surface area (Å²) in [6.45, 7) is 11.9. The highest BCUT2D eigenvalue weighted by Crippen LogP contribution is 2.33. The molecule has 5 heteroatoms. The number of rotatable bonds is 2. The summed E-state index contributed by atoms with van der Waals surface area (Å²) in [5.41, 5.74) is 1.75. The molecule has 3 heterocycles. The van der Waals surface area contributed by atoms with Crippen molar-refractivity contribution in [1.82, 2.24) is 19.4 Å². The summed E-state index contributed by atoms with van der Waals surface area (Å²) >= 11 is 0. The largest absolute Gasteiger partial charge is 0.341 e. The van der Waals surface area contributed by atoms with Crippen LogP contribution >= 0.6 is 0 Å². The van der Waals surface area contributed by atoms with E-state index in [1.807, 2.05) is 37.9 Å². The molecule has 0 saturated carbocycles. The number of amides is 1. The summed E-state index contributed by atoms with van der Waals surface area (Å²) < 4.78 is 2.28. The molecule has 1 amide bonds. The first-order valence-corrected chi connectivity index (χ1v) is 8.40. The van der Waals surface area contributed by atoms with E-state index in [0.717, 1.165) is 36.4 Å². The van der Waals surface area contributed by atoms with Crippen molar-refractivity contribution in [2.45, 2.75) is 53.0 Å². The standard InChI is InChI=1S/C18H26N4O/c1-12(2)22-15-10-19-8-6-14(15)20-16(22)13-7-9-21(11-13)17(23)18(3,4)5/h6,8,10,12-13H,7,9,11H2,1-5H3/t13-/m0/s1. The first-order chi connectivity index (χ1) is 10.8. The molecule has 0 N–H and O–H groups in total. The highest BCUT2D eigenvalue weighted by atomic mass is 16.2. The fourth-order valence-electron chi connectivity index (χ4n) is 3.42. The number of likely N-dealkylation sites (tertiary alicyclic amines) is 1. The van der Waals surface area contributed by atoms with Gasteiger partial charge >= 0.3 is 0 Å². The van der Waals surface area contributed by atoms with Gasteiger partial charge in [-0.2, -0.15) is 0 Å². The Morgan fingerprint density at radius 1 is 1.35 bits per heavy atom. The summed E-state index contributed by atoms with van der Waals surface area (Å²) in [6.07, 6.45) is 4.65. The Bertz CT molecular complexity index is 726. The Hall–Kier alpha value is -1.91. The van der Waals surface area contributed by atoms with E-state index in [1.54, 1.807) is 6.20 Å². The van der Waals surface area contributed by atoms with Crippen molar-refractivity contribution in [2.24, 2.45) is 5.41 Å². The van der Waals surface area contributed by atoms with Gasteiger partial charge in [0.1, 0.15) is 5.82 Å². The maximum Gasteiger partial charge on any atom is 0.227 e. The molecule has 0 spiro atoms. The van der Waals surface area contributed by atoms with E-state index >= 15 is 0 Å². The molecule has 2 aromatic heterocycles. The van der Waals surface area contributed by atoms with Gasteiger partial charge in [-0.15, -0.1) is 0 Å². The van der Waals surface area contributed by atoms with Gasteiger partial charge in [-0.05, 0) is 26.3 Å². The van der Waals surface area contributed by atoms with Crippen LogP contribution in [0.4, 0.5) is 0 Å². The molecule has 1 aliphatic heterocycles. The summed E-state index contributed by atoms with van der Waals surface area (Å²) in [5.74, 6) is 1.62. The van der Waals surface area contributed by atoms with E-state index in [2.05, 4.69) is 23.4 Å². The Morgan fingerprint density at radius 3 is 2.74 bits per heavy atom. The quantitative estimate of drug-likeness (QED) is 0.854. The fourth-order valence-corrected chi connectivity index (χ4v) is 3.42. The number of imidazole rings is 1. The minimum atomic E-state index is -0.322. The lowest BCUT2D eigenvalue weighted by atomic mass is 9.95. The zero-order chi connectivity index (χ0) is 16.8. The molecule has 0 aromatic carbocycles. The second-order valence-corrected chi connectivity index (χ2v) is 7.78. The molecule has 124 valence electrons. The molecule has 1 saturated heterocycles. The normalized spacial score (nSPS) is 19.0. The van der Waals surface area contributed by atoms with Gasteiger partial charge in [0.25, 0.3) is 0 Å². The number of pyridine rings is 1. The molecular weight excluding hydrogens is 288 g/mol. The monoisotopic (exact) mass is 314 g/mol. The van der Waals surface area contributed by atoms with Crippen LogP contribution in [0.25, 0.3) is 11.0 Å². The molecule has 3 rings (SSSR count). The minimum Gasteiger partial charge on any atom is -0.341 e. The molecule has 2 aromatic rings. The Morgan fingerprint density at radius 2 is 2.09 bits per heavy atom. The van der Waals surface area contributed by atoms with E-state index in [0.29, 0.717) is 12.0 Å². The lowest BCUT2D eigenvalue weighted by Gasteiger charge is -2.25. The predicted molar refractivity (Wildman–Crippen MR) is 91.3 cm³/mol. The van der Waals surface area contributed by atoms with Gasteiger partial charge in [-0.25, -0.2) is 4.98 Å². The van der Waals surface area contributed by atoms with Crippen molar-refractivity contribution in [3.63, 3.8) is 0 Å². The third-order valence-electron chi connectivity index (χ3n) is 4.52. The minimum absolute atomic E-state index is 0.230. The molecule has 5 nitrogen and oxygen atoms in total. The van der Waals surface area contributed by atoms with Gasteiger partial charge in [0.2, 0.25) is 5.91 Å². The van der Waals surface area contributed by atoms with Crippen molar-refractivity contribution in [3.8, 4) is 0 Å². The van der Waals surface area contributed by atoms with E-state index in [4.69, 9.17) is 4.98 Å². The lowest BCUT2D eigenvalue weighted by Crippen LogP contribution is -2.37. The molecule has 0 bridgehead atoms. The van der Waals surface area contributed by atoms with Crippen LogP contribution in [-0.4, -0.2) is 38.4 Å². The maximum absolute atomic E-state index is 12.5. The molecular formula is C18H26N4O. The SMILES string of the molecule is CC(C)n1c([C@H]2CCN(C(=O)C(C)(C)C)C2)nc2ccncc21. The number of hydrogen-bond donors (Lipinski definition) is 0. The average Bonchev–Trinajstić information content (AvgIpc) is 3.09. The number of hydrogen-bond acceptors (Lipinski definition) is 3. The Labute approximate surface area is 137 Å². The summed E-state index contributed by atoms with van der Waals surface area (Å²) in [5, 5.41) is 0. The first kappa shape index (κ1) is 16.0. The van der Waals surface area contributed by atoms with Crippen LogP contribution in [0.5, 0.6) is 0 Å². The van der Waals surface area contributed by atoms with Gasteiger partial charge in [-0.3, -0.25) is 9.78 Å². The second-order valence-electron chi connectivity index (χ2n) is 7.78. The summed E-state index contributed by atoms with van der Waals surface area (Å²) in [7, 11) is 0. The van der Waals surface area contributed by atoms with E-state index in [9.17, 15) is 4.79 Å². The van der Waals surface area contributed by atoms with Crippen LogP contribution in [0.3, 0.4) is 0 Å². The smallest absolute Gasteiger partial charge is 0.227 e. The van der Waals surface area contributed by atoms with Crippen molar-refractivity contribution >= 4 is 16.9 Å². The van der Waals surface area contributed by atoms with E-state index < -0.39 is 0 Å². The average molecular weight is 314 g/mol. The van der Waals surface area contributed by atoms with Crippen LogP contribution < -0.4 is 0 Å². The highest BCUT2D eigenvalue weighted by Gasteiger charge is 2.35. The summed E-state index contributed by atoms with van der Waals surface area (Å²) in [6, 6.07) is 2.29. The van der Waals surface area contributed by atoms with Crippen LogP contribution in [-0.2, 0) is 4.79 Å². The topological polar surface area (TPSA) is 51.0 Å². The molecule has 1 fully saturated rings. The van der Waals surface area contributed by atoms with Gasteiger partial charge < -0.3 is 9.47 Å². The van der Waals surface area contributed by atoms with Gasteiger partial charge in [-0.1, -0.05) is 20.8 Å². The molecule has 23 heavy (non-hydrogen) atoms. The van der Waals surface area contributed by atoms with Crippen LogP contribution in [0.15, 0.2) is 18.5 Å². The molecule has 1 atom stereocenters. The van der Waals surface area contributed by atoms with Gasteiger partial charge in [0.15, 0.2) is 0 Å². The number of fused-ring (bicyclic) bond motifs is 1. The van der Waals surface area contributed by atoms with Crippen molar-refractivity contribution < 1.29 is 4.79 Å². The van der Waals surface area contributed by atoms with Crippen molar-refractivity contribution in [2.75, 3.05) is 13.1 Å². The second kappa shape index (κ2) is 5.62. The third-order valence-corrected chi connectivity index (χ3v) is 4.52. The summed E-state index contributed by atoms with van der Waals surface area (Å²) in [4.78, 5) is 23.6. The highest BCUT2D eigenvalue weighted by molar-refractivity contribution is 5.82. The number of carbonyl (C=O) groups is 1. The van der Waals surface area contributed by atoms with Crippen molar-refractivity contribution in [3.05, 3.63) is 24.3 Å².